The van der Waals surface area contributed by atoms with E-state index in [0.29, 0.717) is 19.4 Å². The summed E-state index contributed by atoms with van der Waals surface area (Å²) in [6.07, 6.45) is 3.81. The Balaban J connectivity index is 1.50. The van der Waals surface area contributed by atoms with Gasteiger partial charge in [0.15, 0.2) is 0 Å². The fourth-order valence-corrected chi connectivity index (χ4v) is 4.14. The van der Waals surface area contributed by atoms with Gasteiger partial charge in [-0.15, -0.1) is 0 Å². The predicted octanol–water partition coefficient (Wildman–Crippen LogP) is 0.450. The number of hydrogen-bond donors (Lipinski definition) is 4. The van der Waals surface area contributed by atoms with Crippen LogP contribution in [0.3, 0.4) is 0 Å². The molecule has 2 aliphatic heterocycles. The Morgan fingerprint density at radius 1 is 1.35 bits per heavy atom. The zero-order valence-corrected chi connectivity index (χ0v) is 17.8. The van der Waals surface area contributed by atoms with Gasteiger partial charge in [0.05, 0.1) is 6.61 Å². The number of carboxylic acids is 1. The summed E-state index contributed by atoms with van der Waals surface area (Å²) in [4.78, 5) is 43.8. The van der Waals surface area contributed by atoms with Gasteiger partial charge in [-0.3, -0.25) is 4.79 Å². The molecular weight excluding hydrogens is 402 g/mol. The molecule has 1 fully saturated rings. The number of carbonyl (C=O) groups excluding carboxylic acids is 2. The molecule has 3 amide bonds. The molecule has 2 aliphatic rings. The summed E-state index contributed by atoms with van der Waals surface area (Å²) in [5.74, 6) is -0.679. The Kier molecular flexibility index (Phi) is 7.67. The molecule has 31 heavy (non-hydrogen) atoms. The Labute approximate surface area is 181 Å². The van der Waals surface area contributed by atoms with E-state index in [9.17, 15) is 24.6 Å². The van der Waals surface area contributed by atoms with Crippen LogP contribution in [0, 0.1) is 0 Å². The molecule has 3 heterocycles. The number of fused-ring (bicyclic) bond motifs is 1. The highest BCUT2D eigenvalue weighted by atomic mass is 16.4. The number of aromatic nitrogens is 1. The summed E-state index contributed by atoms with van der Waals surface area (Å²) in [5.41, 5.74) is 2.19. The molecule has 2 unspecified atom stereocenters. The highest BCUT2D eigenvalue weighted by molar-refractivity contribution is 5.91. The fourth-order valence-electron chi connectivity index (χ4n) is 4.14. The Morgan fingerprint density at radius 3 is 2.87 bits per heavy atom. The quantitative estimate of drug-likeness (QED) is 0.437. The summed E-state index contributed by atoms with van der Waals surface area (Å²) in [7, 11) is 0. The number of nitrogens with one attached hydrogen (secondary N) is 2. The molecule has 1 aromatic heterocycles. The number of rotatable bonds is 8. The van der Waals surface area contributed by atoms with Gasteiger partial charge in [-0.2, -0.15) is 0 Å². The van der Waals surface area contributed by atoms with E-state index >= 15 is 0 Å². The highest BCUT2D eigenvalue weighted by Gasteiger charge is 2.41. The van der Waals surface area contributed by atoms with E-state index in [-0.39, 0.29) is 19.5 Å². The lowest BCUT2D eigenvalue weighted by atomic mass is 10.1. The second-order valence-corrected chi connectivity index (χ2v) is 7.86. The lowest BCUT2D eigenvalue weighted by molar-refractivity contribution is -0.156. The van der Waals surface area contributed by atoms with Crippen molar-refractivity contribution in [2.45, 2.75) is 51.1 Å². The van der Waals surface area contributed by atoms with Crippen molar-refractivity contribution in [3.05, 3.63) is 23.4 Å². The minimum Gasteiger partial charge on any atom is -0.480 e. The van der Waals surface area contributed by atoms with E-state index in [1.807, 2.05) is 6.07 Å². The van der Waals surface area contributed by atoms with Gasteiger partial charge in [-0.1, -0.05) is 13.0 Å². The number of amides is 3. The molecule has 2 atom stereocenters. The number of hydrogen-bond acceptors (Lipinski definition) is 6. The molecule has 0 bridgehead atoms. The number of aliphatic carboxylic acids is 1. The first kappa shape index (κ1) is 22.8. The number of anilines is 1. The van der Waals surface area contributed by atoms with Crippen LogP contribution in [0.5, 0.6) is 0 Å². The van der Waals surface area contributed by atoms with Crippen molar-refractivity contribution < 1.29 is 24.6 Å². The van der Waals surface area contributed by atoms with Gasteiger partial charge >= 0.3 is 12.0 Å². The lowest BCUT2D eigenvalue weighted by Gasteiger charge is -2.41. The van der Waals surface area contributed by atoms with Gasteiger partial charge < -0.3 is 30.6 Å². The number of nitrogens with zero attached hydrogens (tertiary/aromatic N) is 3. The van der Waals surface area contributed by atoms with Crippen molar-refractivity contribution in [2.75, 3.05) is 38.1 Å². The van der Waals surface area contributed by atoms with Crippen LogP contribution < -0.4 is 10.6 Å². The average Bonchev–Trinajstić information content (AvgIpc) is 2.77. The van der Waals surface area contributed by atoms with Crippen LogP contribution in [0.1, 0.15) is 37.4 Å². The van der Waals surface area contributed by atoms with Crippen LogP contribution in [-0.2, 0) is 22.4 Å². The maximum Gasteiger partial charge on any atom is 0.326 e. The highest BCUT2D eigenvalue weighted by Crippen LogP contribution is 2.20. The van der Waals surface area contributed by atoms with E-state index in [1.54, 1.807) is 6.92 Å². The monoisotopic (exact) mass is 433 g/mol. The normalized spacial score (nSPS) is 19.4. The Bertz CT molecular complexity index is 817. The van der Waals surface area contributed by atoms with Crippen LogP contribution in [-0.4, -0.2) is 87.8 Å². The van der Waals surface area contributed by atoms with Crippen LogP contribution in [0.15, 0.2) is 12.1 Å². The summed E-state index contributed by atoms with van der Waals surface area (Å²) >= 11 is 0. The summed E-state index contributed by atoms with van der Waals surface area (Å²) in [5, 5.41) is 25.1. The van der Waals surface area contributed by atoms with E-state index < -0.39 is 36.6 Å². The SMILES string of the molecule is CCC(C(=O)O)N1CCN(C(=O)NCCCc2ccc3c(n2)NCCC3)C(CO)C1=O. The molecule has 0 radical (unpaired) electrons. The number of piperazine rings is 1. The van der Waals surface area contributed by atoms with Gasteiger partial charge in [-0.25, -0.2) is 14.6 Å². The molecule has 3 rings (SSSR count). The van der Waals surface area contributed by atoms with Gasteiger partial charge in [-0.05, 0) is 43.7 Å². The average molecular weight is 434 g/mol. The fraction of sp³-hybridized carbons (Fsp3) is 0.619. The summed E-state index contributed by atoms with van der Waals surface area (Å²) in [6, 6.07) is 1.65. The van der Waals surface area contributed by atoms with E-state index in [1.165, 1.54) is 15.4 Å². The third kappa shape index (κ3) is 5.25. The number of aliphatic hydroxyl groups is 1. The Hall–Kier alpha value is -2.88. The minimum absolute atomic E-state index is 0.125. The molecule has 0 saturated carbocycles. The number of aliphatic hydroxyl groups excluding tert-OH is 1. The maximum atomic E-state index is 12.7. The van der Waals surface area contributed by atoms with E-state index in [2.05, 4.69) is 21.7 Å². The second-order valence-electron chi connectivity index (χ2n) is 7.86. The number of aryl methyl sites for hydroxylation is 2. The van der Waals surface area contributed by atoms with Gasteiger partial charge in [0.2, 0.25) is 5.91 Å². The Morgan fingerprint density at radius 2 is 2.16 bits per heavy atom. The molecule has 0 aliphatic carbocycles. The largest absolute Gasteiger partial charge is 0.480 e. The van der Waals surface area contributed by atoms with Crippen molar-refractivity contribution in [1.29, 1.82) is 0 Å². The van der Waals surface area contributed by atoms with E-state index in [0.717, 1.165) is 30.9 Å². The van der Waals surface area contributed by atoms with Gasteiger partial charge in [0, 0.05) is 31.9 Å². The summed E-state index contributed by atoms with van der Waals surface area (Å²) in [6.45, 7) is 2.77. The van der Waals surface area contributed by atoms with Crippen molar-refractivity contribution in [3.63, 3.8) is 0 Å². The van der Waals surface area contributed by atoms with Crippen LogP contribution >= 0.6 is 0 Å². The second kappa shape index (κ2) is 10.4. The number of pyridine rings is 1. The zero-order valence-electron chi connectivity index (χ0n) is 17.8. The van der Waals surface area contributed by atoms with Crippen molar-refractivity contribution in [1.82, 2.24) is 20.1 Å². The maximum absolute atomic E-state index is 12.7. The molecule has 4 N–H and O–H groups in total. The first-order valence-corrected chi connectivity index (χ1v) is 10.9. The standard InChI is InChI=1S/C21H31N5O5/c1-2-16(20(29)30)25-11-12-26(17(13-27)19(25)28)21(31)23-10-4-6-15-8-7-14-5-3-9-22-18(14)24-15/h7-8,16-17,27H,2-6,9-13H2,1H3,(H,22,24)(H,23,31)(H,29,30). The van der Waals surface area contributed by atoms with Gasteiger partial charge in [0.25, 0.3) is 0 Å². The third-order valence-corrected chi connectivity index (χ3v) is 5.85. The number of urea groups is 1. The molecular formula is C21H31N5O5. The van der Waals surface area contributed by atoms with Crippen molar-refractivity contribution in [2.24, 2.45) is 0 Å². The van der Waals surface area contributed by atoms with Crippen molar-refractivity contribution in [3.8, 4) is 0 Å². The zero-order chi connectivity index (χ0) is 22.4. The molecule has 0 spiro atoms. The molecule has 1 aromatic rings. The van der Waals surface area contributed by atoms with Crippen LogP contribution in [0.4, 0.5) is 10.6 Å². The first-order chi connectivity index (χ1) is 15.0. The van der Waals surface area contributed by atoms with E-state index in [4.69, 9.17) is 0 Å². The molecule has 170 valence electrons. The molecule has 0 aromatic carbocycles. The van der Waals surface area contributed by atoms with Crippen LogP contribution in [0.2, 0.25) is 0 Å². The predicted molar refractivity (Wildman–Crippen MR) is 114 cm³/mol. The number of carbonyl (C=O) groups is 3. The van der Waals surface area contributed by atoms with Crippen molar-refractivity contribution >= 4 is 23.7 Å². The lowest BCUT2D eigenvalue weighted by Crippen LogP contribution is -2.64. The third-order valence-electron chi connectivity index (χ3n) is 5.85. The molecule has 1 saturated heterocycles. The topological polar surface area (TPSA) is 135 Å². The minimum atomic E-state index is -1.09. The van der Waals surface area contributed by atoms with Gasteiger partial charge in [0.1, 0.15) is 17.9 Å². The first-order valence-electron chi connectivity index (χ1n) is 10.9. The van der Waals surface area contributed by atoms with Crippen LogP contribution in [0.25, 0.3) is 0 Å². The smallest absolute Gasteiger partial charge is 0.326 e. The summed E-state index contributed by atoms with van der Waals surface area (Å²) < 4.78 is 0. The number of carboxylic acid groups (broad SMARTS) is 1. The molecule has 10 nitrogen and oxygen atoms in total. The molecule has 10 heteroatoms.